The van der Waals surface area contributed by atoms with Gasteiger partial charge in [-0.1, -0.05) is 54.6 Å². The van der Waals surface area contributed by atoms with E-state index < -0.39 is 0 Å². The highest BCUT2D eigenvalue weighted by molar-refractivity contribution is 14.0. The summed E-state index contributed by atoms with van der Waals surface area (Å²) in [6.45, 7) is 10.4. The fourth-order valence-corrected chi connectivity index (χ4v) is 3.96. The number of benzene rings is 2. The van der Waals surface area contributed by atoms with Crippen LogP contribution in [0.25, 0.3) is 0 Å². The Morgan fingerprint density at radius 1 is 1.03 bits per heavy atom. The molecule has 1 unspecified atom stereocenters. The van der Waals surface area contributed by atoms with Crippen LogP contribution < -0.4 is 16.0 Å². The molecule has 1 fully saturated rings. The molecule has 3 rings (SSSR count). The van der Waals surface area contributed by atoms with E-state index in [1.54, 1.807) is 0 Å². The van der Waals surface area contributed by atoms with Crippen molar-refractivity contribution in [1.29, 1.82) is 0 Å². The molecule has 1 aliphatic rings. The van der Waals surface area contributed by atoms with E-state index in [1.807, 2.05) is 0 Å². The Kier molecular flexibility index (Phi) is 10.8. The Bertz CT molecular complexity index is 806. The van der Waals surface area contributed by atoms with Crippen molar-refractivity contribution in [3.05, 3.63) is 71.3 Å². The molecule has 1 atom stereocenters. The summed E-state index contributed by atoms with van der Waals surface area (Å²) in [5.41, 5.74) is 3.82. The van der Waals surface area contributed by atoms with E-state index in [9.17, 15) is 0 Å². The van der Waals surface area contributed by atoms with Gasteiger partial charge < -0.3 is 20.7 Å². The summed E-state index contributed by atoms with van der Waals surface area (Å²) in [4.78, 5) is 4.83. The number of halogens is 1. The number of ether oxygens (including phenoxy) is 1. The molecule has 0 amide bonds. The van der Waals surface area contributed by atoms with E-state index in [-0.39, 0.29) is 35.6 Å². The van der Waals surface area contributed by atoms with Gasteiger partial charge >= 0.3 is 0 Å². The summed E-state index contributed by atoms with van der Waals surface area (Å²) in [6.07, 6.45) is 1.96. The maximum Gasteiger partial charge on any atom is 0.191 e. The molecule has 1 saturated heterocycles. The average Bonchev–Trinajstić information content (AvgIpc) is 2.78. The van der Waals surface area contributed by atoms with Gasteiger partial charge in [-0.05, 0) is 50.3 Å². The first-order valence-corrected chi connectivity index (χ1v) is 11.1. The van der Waals surface area contributed by atoms with Crippen molar-refractivity contribution in [3.63, 3.8) is 0 Å². The molecule has 5 nitrogen and oxygen atoms in total. The second-order valence-corrected chi connectivity index (χ2v) is 8.14. The summed E-state index contributed by atoms with van der Waals surface area (Å²) in [5, 5.41) is 10.9. The minimum atomic E-state index is -0.0215. The van der Waals surface area contributed by atoms with E-state index in [4.69, 9.17) is 9.73 Å². The third-order valence-corrected chi connectivity index (χ3v) is 5.88. The molecule has 31 heavy (non-hydrogen) atoms. The summed E-state index contributed by atoms with van der Waals surface area (Å²) >= 11 is 0. The zero-order valence-electron chi connectivity index (χ0n) is 19.0. The monoisotopic (exact) mass is 536 g/mol. The van der Waals surface area contributed by atoms with E-state index in [1.165, 1.54) is 16.7 Å². The summed E-state index contributed by atoms with van der Waals surface area (Å²) in [5.74, 6) is 0.862. The van der Waals surface area contributed by atoms with Crippen LogP contribution in [0, 0.1) is 6.92 Å². The molecular formula is C25H37IN4O. The Labute approximate surface area is 204 Å². The van der Waals surface area contributed by atoms with Crippen LogP contribution in [0.2, 0.25) is 0 Å². The minimum Gasteiger partial charge on any atom is -0.381 e. The van der Waals surface area contributed by atoms with Gasteiger partial charge in [0.15, 0.2) is 5.96 Å². The molecule has 3 N–H and O–H groups in total. The van der Waals surface area contributed by atoms with Gasteiger partial charge in [0.05, 0.1) is 6.54 Å². The third-order valence-electron chi connectivity index (χ3n) is 5.88. The highest BCUT2D eigenvalue weighted by Crippen LogP contribution is 2.25. The van der Waals surface area contributed by atoms with Crippen molar-refractivity contribution < 1.29 is 4.74 Å². The van der Waals surface area contributed by atoms with Crippen molar-refractivity contribution in [1.82, 2.24) is 16.0 Å². The van der Waals surface area contributed by atoms with Gasteiger partial charge in [-0.3, -0.25) is 0 Å². The molecule has 0 aliphatic carbocycles. The Morgan fingerprint density at radius 3 is 2.39 bits per heavy atom. The number of rotatable bonds is 8. The smallest absolute Gasteiger partial charge is 0.191 e. The number of aliphatic imine (C=N–C) groups is 1. The fraction of sp³-hybridized carbons (Fsp3) is 0.480. The molecule has 6 heteroatoms. The first-order valence-electron chi connectivity index (χ1n) is 11.1. The number of hydrogen-bond acceptors (Lipinski definition) is 3. The second-order valence-electron chi connectivity index (χ2n) is 8.14. The van der Waals surface area contributed by atoms with E-state index >= 15 is 0 Å². The predicted molar refractivity (Wildman–Crippen MR) is 140 cm³/mol. The average molecular weight is 537 g/mol. The maximum atomic E-state index is 5.67. The van der Waals surface area contributed by atoms with E-state index in [2.05, 4.69) is 91.3 Å². The quantitative estimate of drug-likeness (QED) is 0.263. The third kappa shape index (κ3) is 7.77. The van der Waals surface area contributed by atoms with Crippen molar-refractivity contribution >= 4 is 29.9 Å². The second kappa shape index (κ2) is 13.0. The van der Waals surface area contributed by atoms with Gasteiger partial charge in [0.25, 0.3) is 0 Å². The number of nitrogens with zero attached hydrogens (tertiary/aromatic N) is 1. The van der Waals surface area contributed by atoms with Crippen LogP contribution in [0.5, 0.6) is 0 Å². The molecule has 0 aromatic heterocycles. The van der Waals surface area contributed by atoms with Gasteiger partial charge in [-0.15, -0.1) is 24.0 Å². The molecule has 2 aromatic carbocycles. The van der Waals surface area contributed by atoms with Crippen LogP contribution in [0.1, 0.15) is 49.4 Å². The fourth-order valence-electron chi connectivity index (χ4n) is 3.96. The minimum absolute atomic E-state index is 0. The summed E-state index contributed by atoms with van der Waals surface area (Å²) < 4.78 is 5.67. The van der Waals surface area contributed by atoms with Crippen molar-refractivity contribution in [2.75, 3.05) is 26.3 Å². The molecule has 0 spiro atoms. The van der Waals surface area contributed by atoms with Crippen LogP contribution >= 0.6 is 24.0 Å². The van der Waals surface area contributed by atoms with Crippen LogP contribution in [0.15, 0.2) is 59.6 Å². The normalized spacial score (nSPS) is 16.8. The van der Waals surface area contributed by atoms with Crippen molar-refractivity contribution in [2.45, 2.75) is 51.7 Å². The molecule has 1 heterocycles. The zero-order valence-corrected chi connectivity index (χ0v) is 21.3. The van der Waals surface area contributed by atoms with Crippen LogP contribution in [0.4, 0.5) is 0 Å². The van der Waals surface area contributed by atoms with Crippen LogP contribution in [-0.2, 0) is 11.3 Å². The number of aryl methyl sites for hydroxylation is 1. The SMILES string of the molecule is CCNC(=NCc1ccccc1C)NCC1(NC(C)c2ccccc2)CCOCC1.I. The van der Waals surface area contributed by atoms with Gasteiger partial charge in [-0.2, -0.15) is 0 Å². The van der Waals surface area contributed by atoms with Gasteiger partial charge in [-0.25, -0.2) is 4.99 Å². The number of hydrogen-bond donors (Lipinski definition) is 3. The lowest BCUT2D eigenvalue weighted by Gasteiger charge is -2.41. The van der Waals surface area contributed by atoms with E-state index in [0.29, 0.717) is 6.54 Å². The maximum absolute atomic E-state index is 5.67. The first-order chi connectivity index (χ1) is 14.6. The van der Waals surface area contributed by atoms with Gasteiger partial charge in [0, 0.05) is 37.9 Å². The Morgan fingerprint density at radius 2 is 1.71 bits per heavy atom. The Balaban J connectivity index is 0.00000341. The molecule has 2 aromatic rings. The lowest BCUT2D eigenvalue weighted by Crippen LogP contribution is -2.58. The van der Waals surface area contributed by atoms with Gasteiger partial charge in [0.1, 0.15) is 0 Å². The molecule has 0 bridgehead atoms. The van der Waals surface area contributed by atoms with Crippen LogP contribution in [0.3, 0.4) is 0 Å². The topological polar surface area (TPSA) is 57.7 Å². The Hall–Kier alpha value is -1.64. The lowest BCUT2D eigenvalue weighted by molar-refractivity contribution is 0.0355. The molecule has 0 radical (unpaired) electrons. The predicted octanol–water partition coefficient (Wildman–Crippen LogP) is 4.57. The first kappa shape index (κ1) is 25.6. The molecule has 0 saturated carbocycles. The van der Waals surface area contributed by atoms with Crippen LogP contribution in [-0.4, -0.2) is 37.8 Å². The molecule has 1 aliphatic heterocycles. The van der Waals surface area contributed by atoms with Crippen molar-refractivity contribution in [3.8, 4) is 0 Å². The summed E-state index contributed by atoms with van der Waals surface area (Å²) in [7, 11) is 0. The molecular weight excluding hydrogens is 499 g/mol. The summed E-state index contributed by atoms with van der Waals surface area (Å²) in [6, 6.07) is 19.3. The standard InChI is InChI=1S/C25H36N4O.HI/c1-4-26-24(27-18-23-13-9-8-10-20(23)2)28-19-25(14-16-30-17-15-25)29-21(3)22-11-6-5-7-12-22;/h5-13,21,29H,4,14-19H2,1-3H3,(H2,26,27,28);1H. The van der Waals surface area contributed by atoms with E-state index in [0.717, 1.165) is 45.1 Å². The molecule has 170 valence electrons. The lowest BCUT2D eigenvalue weighted by atomic mass is 9.88. The highest BCUT2D eigenvalue weighted by atomic mass is 127. The number of nitrogens with one attached hydrogen (secondary N) is 3. The largest absolute Gasteiger partial charge is 0.381 e. The number of guanidine groups is 1. The van der Waals surface area contributed by atoms with Gasteiger partial charge in [0.2, 0.25) is 0 Å². The zero-order chi connectivity index (χ0) is 21.2. The van der Waals surface area contributed by atoms with Crippen molar-refractivity contribution in [2.24, 2.45) is 4.99 Å². The highest BCUT2D eigenvalue weighted by Gasteiger charge is 2.34.